The van der Waals surface area contributed by atoms with Gasteiger partial charge in [-0.2, -0.15) is 0 Å². The van der Waals surface area contributed by atoms with Gasteiger partial charge in [-0.3, -0.25) is 4.90 Å². The fourth-order valence-electron chi connectivity index (χ4n) is 2.60. The summed E-state index contributed by atoms with van der Waals surface area (Å²) in [7, 11) is 0. The maximum atomic E-state index is 6.03. The van der Waals surface area contributed by atoms with Crippen LogP contribution in [0.5, 0.6) is 5.75 Å². The molecule has 0 radical (unpaired) electrons. The van der Waals surface area contributed by atoms with Gasteiger partial charge in [0.2, 0.25) is 0 Å². The molecule has 0 saturated carbocycles. The lowest BCUT2D eigenvalue weighted by molar-refractivity contribution is 0.209. The number of hydrogen-bond acceptors (Lipinski definition) is 2. The minimum absolute atomic E-state index is 0. The monoisotopic (exact) mass is 367 g/mol. The Morgan fingerprint density at radius 1 is 0.958 bits per heavy atom. The molecular weight excluding hydrogens is 341 g/mol. The van der Waals surface area contributed by atoms with Gasteiger partial charge < -0.3 is 4.74 Å². The van der Waals surface area contributed by atoms with E-state index in [0.29, 0.717) is 18.4 Å². The lowest BCUT2D eigenvalue weighted by Crippen LogP contribution is -2.30. The Morgan fingerprint density at radius 2 is 1.62 bits per heavy atom. The van der Waals surface area contributed by atoms with E-state index in [9.17, 15) is 0 Å². The van der Waals surface area contributed by atoms with Crippen molar-refractivity contribution >= 4 is 24.0 Å². The number of nitrogens with zero attached hydrogens (tertiary/aromatic N) is 1. The molecule has 2 rings (SSSR count). The van der Waals surface area contributed by atoms with E-state index in [1.807, 2.05) is 12.1 Å². The van der Waals surface area contributed by atoms with Gasteiger partial charge in [0, 0.05) is 25.5 Å². The summed E-state index contributed by atoms with van der Waals surface area (Å²) >= 11 is 5.94. The third-order valence-corrected chi connectivity index (χ3v) is 4.02. The first-order chi connectivity index (χ1) is 11.2. The van der Waals surface area contributed by atoms with Gasteiger partial charge in [-0.25, -0.2) is 0 Å². The summed E-state index contributed by atoms with van der Waals surface area (Å²) in [5.74, 6) is 2.09. The summed E-state index contributed by atoms with van der Waals surface area (Å²) in [4.78, 5) is 2.33. The second kappa shape index (κ2) is 11.4. The highest BCUT2D eigenvalue weighted by atomic mass is 35.5. The van der Waals surface area contributed by atoms with Crippen molar-refractivity contribution in [3.05, 3.63) is 65.7 Å². The van der Waals surface area contributed by atoms with Crippen LogP contribution in [-0.4, -0.2) is 30.5 Å². The molecular formula is C20H27Cl2NO. The molecule has 0 aliphatic carbocycles. The van der Waals surface area contributed by atoms with Gasteiger partial charge in [0.25, 0.3) is 0 Å². The van der Waals surface area contributed by atoms with Gasteiger partial charge in [0.15, 0.2) is 0 Å². The van der Waals surface area contributed by atoms with Crippen LogP contribution in [0.1, 0.15) is 30.9 Å². The summed E-state index contributed by atoms with van der Waals surface area (Å²) in [6, 6.07) is 18.8. The van der Waals surface area contributed by atoms with E-state index in [0.717, 1.165) is 25.4 Å². The molecule has 0 aromatic heterocycles. The minimum Gasteiger partial charge on any atom is -0.492 e. The summed E-state index contributed by atoms with van der Waals surface area (Å²) in [6.45, 7) is 7.70. The van der Waals surface area contributed by atoms with Crippen LogP contribution in [0.15, 0.2) is 54.6 Å². The second-order valence-electron chi connectivity index (χ2n) is 5.99. The van der Waals surface area contributed by atoms with Crippen molar-refractivity contribution in [2.75, 3.05) is 25.6 Å². The summed E-state index contributed by atoms with van der Waals surface area (Å²) in [5, 5.41) is 0. The van der Waals surface area contributed by atoms with Crippen LogP contribution in [0.4, 0.5) is 0 Å². The standard InChI is InChI=1S/C20H26ClNO.ClH/c1-17(2)19-10-6-7-11-20(19)23-15-14-22(13-12-21)16-18-8-4-3-5-9-18;/h3-11,17H,12-16H2,1-2H3;1H. The van der Waals surface area contributed by atoms with Crippen molar-refractivity contribution in [1.29, 1.82) is 0 Å². The van der Waals surface area contributed by atoms with Crippen molar-refractivity contribution in [2.45, 2.75) is 26.3 Å². The van der Waals surface area contributed by atoms with Crippen molar-refractivity contribution in [1.82, 2.24) is 4.90 Å². The SMILES string of the molecule is CC(C)c1ccccc1OCCN(CCCl)Cc1ccccc1.Cl. The quantitative estimate of drug-likeness (QED) is 0.553. The molecule has 0 aliphatic heterocycles. The highest BCUT2D eigenvalue weighted by Crippen LogP contribution is 2.25. The van der Waals surface area contributed by atoms with E-state index >= 15 is 0 Å². The lowest BCUT2D eigenvalue weighted by Gasteiger charge is -2.22. The molecule has 2 aromatic rings. The van der Waals surface area contributed by atoms with Gasteiger partial charge >= 0.3 is 0 Å². The number of rotatable bonds is 9. The molecule has 0 amide bonds. The zero-order valence-electron chi connectivity index (χ0n) is 14.5. The molecule has 132 valence electrons. The molecule has 2 nitrogen and oxygen atoms in total. The average Bonchev–Trinajstić information content (AvgIpc) is 2.56. The van der Waals surface area contributed by atoms with Crippen LogP contribution < -0.4 is 4.74 Å². The molecule has 0 unspecified atom stereocenters. The van der Waals surface area contributed by atoms with E-state index in [-0.39, 0.29) is 12.4 Å². The Kier molecular flexibility index (Phi) is 9.85. The van der Waals surface area contributed by atoms with Crippen LogP contribution in [-0.2, 0) is 6.54 Å². The van der Waals surface area contributed by atoms with E-state index < -0.39 is 0 Å². The van der Waals surface area contributed by atoms with E-state index in [1.165, 1.54) is 11.1 Å². The fraction of sp³-hybridized carbons (Fsp3) is 0.400. The van der Waals surface area contributed by atoms with E-state index in [1.54, 1.807) is 0 Å². The largest absolute Gasteiger partial charge is 0.492 e. The zero-order chi connectivity index (χ0) is 16.5. The van der Waals surface area contributed by atoms with Gasteiger partial charge in [-0.05, 0) is 23.1 Å². The maximum absolute atomic E-state index is 6.03. The van der Waals surface area contributed by atoms with E-state index in [4.69, 9.17) is 16.3 Å². The summed E-state index contributed by atoms with van der Waals surface area (Å²) in [5.41, 5.74) is 2.57. The molecule has 0 fully saturated rings. The van der Waals surface area contributed by atoms with Crippen LogP contribution in [0.25, 0.3) is 0 Å². The molecule has 0 saturated heterocycles. The Labute approximate surface area is 157 Å². The molecule has 0 spiro atoms. The van der Waals surface area contributed by atoms with Gasteiger partial charge in [-0.15, -0.1) is 24.0 Å². The van der Waals surface area contributed by atoms with Crippen molar-refractivity contribution in [3.63, 3.8) is 0 Å². The normalized spacial score (nSPS) is 10.7. The number of halogens is 2. The second-order valence-corrected chi connectivity index (χ2v) is 6.37. The molecule has 4 heteroatoms. The van der Waals surface area contributed by atoms with Crippen molar-refractivity contribution < 1.29 is 4.74 Å². The Morgan fingerprint density at radius 3 is 2.29 bits per heavy atom. The highest BCUT2D eigenvalue weighted by Gasteiger charge is 2.09. The molecule has 2 aromatic carbocycles. The van der Waals surface area contributed by atoms with Crippen molar-refractivity contribution in [2.24, 2.45) is 0 Å². The molecule has 24 heavy (non-hydrogen) atoms. The minimum atomic E-state index is 0. The first kappa shape index (κ1) is 20.8. The van der Waals surface area contributed by atoms with Crippen LogP contribution in [0.2, 0.25) is 0 Å². The Bertz CT molecular complexity index is 575. The third kappa shape index (κ3) is 6.72. The topological polar surface area (TPSA) is 12.5 Å². The first-order valence-electron chi connectivity index (χ1n) is 8.24. The summed E-state index contributed by atoms with van der Waals surface area (Å²) < 4.78 is 6.03. The first-order valence-corrected chi connectivity index (χ1v) is 8.78. The highest BCUT2D eigenvalue weighted by molar-refractivity contribution is 6.18. The fourth-order valence-corrected chi connectivity index (χ4v) is 2.84. The molecule has 0 atom stereocenters. The maximum Gasteiger partial charge on any atom is 0.122 e. The number of alkyl halides is 1. The Hall–Kier alpha value is -1.22. The van der Waals surface area contributed by atoms with E-state index in [2.05, 4.69) is 61.2 Å². The molecule has 0 heterocycles. The summed E-state index contributed by atoms with van der Waals surface area (Å²) in [6.07, 6.45) is 0. The number of para-hydroxylation sites is 1. The van der Waals surface area contributed by atoms with Crippen molar-refractivity contribution in [3.8, 4) is 5.75 Å². The zero-order valence-corrected chi connectivity index (χ0v) is 16.0. The van der Waals surface area contributed by atoms with Crippen LogP contribution in [0, 0.1) is 0 Å². The average molecular weight is 368 g/mol. The smallest absolute Gasteiger partial charge is 0.122 e. The number of hydrogen-bond donors (Lipinski definition) is 0. The predicted octanol–water partition coefficient (Wildman–Crippen LogP) is 5.35. The molecule has 0 aliphatic rings. The molecule has 0 N–H and O–H groups in total. The van der Waals surface area contributed by atoms with Crippen LogP contribution >= 0.6 is 24.0 Å². The predicted molar refractivity (Wildman–Crippen MR) is 106 cm³/mol. The number of ether oxygens (including phenoxy) is 1. The Balaban J connectivity index is 0.00000288. The molecule has 0 bridgehead atoms. The van der Waals surface area contributed by atoms with Crippen LogP contribution in [0.3, 0.4) is 0 Å². The lowest BCUT2D eigenvalue weighted by atomic mass is 10.0. The third-order valence-electron chi connectivity index (χ3n) is 3.86. The van der Waals surface area contributed by atoms with Gasteiger partial charge in [0.1, 0.15) is 12.4 Å². The number of benzene rings is 2. The van der Waals surface area contributed by atoms with Gasteiger partial charge in [-0.1, -0.05) is 62.4 Å². The van der Waals surface area contributed by atoms with Gasteiger partial charge in [0.05, 0.1) is 0 Å².